The SMILES string of the molecule is C1=C(C2=CCc3ccccc3S2)Sc2ccccc2C1. The molecule has 0 radical (unpaired) electrons. The van der Waals surface area contributed by atoms with Gasteiger partial charge < -0.3 is 0 Å². The second kappa shape index (κ2) is 5.19. The van der Waals surface area contributed by atoms with E-state index in [1.54, 1.807) is 0 Å². The molecule has 0 aromatic heterocycles. The smallest absolute Gasteiger partial charge is 0.0222 e. The minimum atomic E-state index is 1.05. The van der Waals surface area contributed by atoms with Crippen molar-refractivity contribution in [1.29, 1.82) is 0 Å². The molecule has 2 aliphatic heterocycles. The molecule has 0 fully saturated rings. The van der Waals surface area contributed by atoms with Crippen LogP contribution in [0.5, 0.6) is 0 Å². The molecule has 0 nitrogen and oxygen atoms in total. The lowest BCUT2D eigenvalue weighted by atomic mass is 10.1. The van der Waals surface area contributed by atoms with Gasteiger partial charge in [0.1, 0.15) is 0 Å². The molecule has 0 spiro atoms. The van der Waals surface area contributed by atoms with Gasteiger partial charge in [0.05, 0.1) is 0 Å². The van der Waals surface area contributed by atoms with E-state index in [0.717, 1.165) is 12.8 Å². The minimum absolute atomic E-state index is 1.05. The van der Waals surface area contributed by atoms with Crippen LogP contribution in [0.25, 0.3) is 0 Å². The van der Waals surface area contributed by atoms with Crippen molar-refractivity contribution >= 4 is 23.5 Å². The Kier molecular flexibility index (Phi) is 3.21. The van der Waals surface area contributed by atoms with Crippen LogP contribution in [0.4, 0.5) is 0 Å². The number of hydrogen-bond acceptors (Lipinski definition) is 2. The quantitative estimate of drug-likeness (QED) is 0.686. The van der Waals surface area contributed by atoms with E-state index >= 15 is 0 Å². The van der Waals surface area contributed by atoms with Crippen LogP contribution in [0.3, 0.4) is 0 Å². The van der Waals surface area contributed by atoms with E-state index in [1.807, 2.05) is 23.5 Å². The monoisotopic (exact) mass is 294 g/mol. The van der Waals surface area contributed by atoms with Gasteiger partial charge in [0.15, 0.2) is 0 Å². The fourth-order valence-electron chi connectivity index (χ4n) is 2.57. The summed E-state index contributed by atoms with van der Waals surface area (Å²) >= 11 is 3.82. The molecule has 98 valence electrons. The first-order valence-corrected chi connectivity index (χ1v) is 8.46. The van der Waals surface area contributed by atoms with Crippen molar-refractivity contribution in [3.63, 3.8) is 0 Å². The summed E-state index contributed by atoms with van der Waals surface area (Å²) in [5, 5.41) is 0. The maximum absolute atomic E-state index is 2.37. The van der Waals surface area contributed by atoms with Gasteiger partial charge >= 0.3 is 0 Å². The molecule has 2 heteroatoms. The standard InChI is InChI=1S/C18H14S2/c1-3-7-15-13(5-1)9-11-17(19-15)18-12-10-14-6-2-4-8-16(14)20-18/h1-8,11-12H,9-10H2. The fourth-order valence-corrected chi connectivity index (χ4v) is 4.85. The topological polar surface area (TPSA) is 0 Å². The highest BCUT2D eigenvalue weighted by molar-refractivity contribution is 8.08. The van der Waals surface area contributed by atoms with E-state index in [-0.39, 0.29) is 0 Å². The molecule has 0 unspecified atom stereocenters. The molecule has 0 saturated carbocycles. The van der Waals surface area contributed by atoms with Crippen LogP contribution in [0.15, 0.2) is 80.3 Å². The zero-order valence-corrected chi connectivity index (χ0v) is 12.6. The Morgan fingerprint density at radius 2 is 1.05 bits per heavy atom. The van der Waals surface area contributed by atoms with Crippen molar-refractivity contribution in [3.8, 4) is 0 Å². The Labute approximate surface area is 128 Å². The summed E-state index contributed by atoms with van der Waals surface area (Å²) in [6.07, 6.45) is 6.86. The predicted octanol–water partition coefficient (Wildman–Crippen LogP) is 5.45. The van der Waals surface area contributed by atoms with Crippen LogP contribution in [0.2, 0.25) is 0 Å². The molecule has 0 bridgehead atoms. The van der Waals surface area contributed by atoms with E-state index < -0.39 is 0 Å². The zero-order chi connectivity index (χ0) is 13.4. The molecule has 2 heterocycles. The fraction of sp³-hybridized carbons (Fsp3) is 0.111. The van der Waals surface area contributed by atoms with E-state index in [0.29, 0.717) is 0 Å². The lowest BCUT2D eigenvalue weighted by molar-refractivity contribution is 1.14. The maximum atomic E-state index is 2.37. The van der Waals surface area contributed by atoms with Gasteiger partial charge in [-0.3, -0.25) is 0 Å². The molecule has 0 saturated heterocycles. The van der Waals surface area contributed by atoms with Crippen LogP contribution in [-0.4, -0.2) is 0 Å². The van der Waals surface area contributed by atoms with Crippen molar-refractivity contribution in [3.05, 3.63) is 81.6 Å². The molecule has 0 amide bonds. The molecular weight excluding hydrogens is 280 g/mol. The Balaban J connectivity index is 1.62. The highest BCUT2D eigenvalue weighted by atomic mass is 32.2. The number of thioether (sulfide) groups is 2. The number of hydrogen-bond donors (Lipinski definition) is 0. The lowest BCUT2D eigenvalue weighted by Gasteiger charge is -2.21. The normalized spacial score (nSPS) is 16.8. The molecule has 2 aromatic rings. The minimum Gasteiger partial charge on any atom is -0.0889 e. The molecule has 0 N–H and O–H groups in total. The number of fused-ring (bicyclic) bond motifs is 2. The average molecular weight is 294 g/mol. The Morgan fingerprint density at radius 3 is 1.55 bits per heavy atom. The van der Waals surface area contributed by atoms with Crippen molar-refractivity contribution in [2.75, 3.05) is 0 Å². The van der Waals surface area contributed by atoms with Gasteiger partial charge in [-0.25, -0.2) is 0 Å². The first-order chi connectivity index (χ1) is 9.90. The van der Waals surface area contributed by atoms with Gasteiger partial charge in [-0.15, -0.1) is 0 Å². The van der Waals surface area contributed by atoms with E-state index in [4.69, 9.17) is 0 Å². The summed E-state index contributed by atoms with van der Waals surface area (Å²) in [6.45, 7) is 0. The predicted molar refractivity (Wildman–Crippen MR) is 88.2 cm³/mol. The maximum Gasteiger partial charge on any atom is 0.0222 e. The largest absolute Gasteiger partial charge is 0.0889 e. The average Bonchev–Trinajstić information content (AvgIpc) is 2.54. The molecule has 2 aromatic carbocycles. The summed E-state index contributed by atoms with van der Waals surface area (Å²) in [5.74, 6) is 0. The van der Waals surface area contributed by atoms with Crippen LogP contribution in [0.1, 0.15) is 11.1 Å². The first kappa shape index (κ1) is 12.4. The van der Waals surface area contributed by atoms with Gasteiger partial charge in [0.2, 0.25) is 0 Å². The Hall–Kier alpha value is -1.38. The third kappa shape index (κ3) is 2.23. The van der Waals surface area contributed by atoms with Gasteiger partial charge in [0.25, 0.3) is 0 Å². The molecular formula is C18H14S2. The zero-order valence-electron chi connectivity index (χ0n) is 11.0. The van der Waals surface area contributed by atoms with Gasteiger partial charge in [0, 0.05) is 19.6 Å². The van der Waals surface area contributed by atoms with Crippen molar-refractivity contribution in [2.24, 2.45) is 0 Å². The molecule has 2 aliphatic rings. The van der Waals surface area contributed by atoms with E-state index in [9.17, 15) is 0 Å². The Bertz CT molecular complexity index is 662. The number of allylic oxidation sites excluding steroid dienone is 2. The molecule has 20 heavy (non-hydrogen) atoms. The number of benzene rings is 2. The van der Waals surface area contributed by atoms with Crippen molar-refractivity contribution in [1.82, 2.24) is 0 Å². The van der Waals surface area contributed by atoms with Gasteiger partial charge in [-0.2, -0.15) is 0 Å². The third-order valence-electron chi connectivity index (χ3n) is 3.64. The van der Waals surface area contributed by atoms with E-state index in [2.05, 4.69) is 60.7 Å². The molecule has 0 atom stereocenters. The highest BCUT2D eigenvalue weighted by Gasteiger charge is 2.18. The van der Waals surface area contributed by atoms with E-state index in [1.165, 1.54) is 30.7 Å². The second-order valence-electron chi connectivity index (χ2n) is 4.96. The van der Waals surface area contributed by atoms with Crippen molar-refractivity contribution < 1.29 is 0 Å². The molecule has 0 aliphatic carbocycles. The Morgan fingerprint density at radius 1 is 0.600 bits per heavy atom. The van der Waals surface area contributed by atoms with Crippen molar-refractivity contribution in [2.45, 2.75) is 22.6 Å². The summed E-state index contributed by atoms with van der Waals surface area (Å²) in [5.41, 5.74) is 2.89. The molecule has 4 rings (SSSR count). The van der Waals surface area contributed by atoms with Crippen LogP contribution in [0, 0.1) is 0 Å². The van der Waals surface area contributed by atoms with Crippen LogP contribution < -0.4 is 0 Å². The third-order valence-corrected chi connectivity index (χ3v) is 6.22. The number of rotatable bonds is 1. The summed E-state index contributed by atoms with van der Waals surface area (Å²) < 4.78 is 0. The summed E-state index contributed by atoms with van der Waals surface area (Å²) in [7, 11) is 0. The van der Waals surface area contributed by atoms with Gasteiger partial charge in [-0.05, 0) is 36.1 Å². The second-order valence-corrected chi connectivity index (χ2v) is 7.13. The summed E-state index contributed by atoms with van der Waals surface area (Å²) in [6, 6.07) is 17.4. The first-order valence-electron chi connectivity index (χ1n) is 6.82. The lowest BCUT2D eigenvalue weighted by Crippen LogP contribution is -1.99. The highest BCUT2D eigenvalue weighted by Crippen LogP contribution is 2.46. The van der Waals surface area contributed by atoms with Gasteiger partial charge in [-0.1, -0.05) is 72.1 Å². The van der Waals surface area contributed by atoms with Crippen LogP contribution >= 0.6 is 23.5 Å². The summed E-state index contributed by atoms with van der Waals surface area (Å²) in [4.78, 5) is 5.65. The van der Waals surface area contributed by atoms with Crippen LogP contribution in [-0.2, 0) is 12.8 Å².